The van der Waals surface area contributed by atoms with Gasteiger partial charge >= 0.3 is 11.9 Å². The maximum atomic E-state index is 12.7. The smallest absolute Gasteiger partial charge is 0.352 e. The van der Waals surface area contributed by atoms with Gasteiger partial charge in [-0.05, 0) is 6.08 Å². The number of thioether (sulfide) groups is 1. The fourth-order valence-electron chi connectivity index (χ4n) is 2.60. The minimum Gasteiger partial charge on any atom is -0.479 e. The van der Waals surface area contributed by atoms with Crippen LogP contribution in [-0.4, -0.2) is 79.7 Å². The molecule has 1 unspecified atom stereocenters. The van der Waals surface area contributed by atoms with E-state index in [0.717, 1.165) is 16.2 Å². The van der Waals surface area contributed by atoms with Gasteiger partial charge in [0.05, 0.1) is 0 Å². The third-order valence-corrected chi connectivity index (χ3v) is 5.80. The largest absolute Gasteiger partial charge is 0.479 e. The van der Waals surface area contributed by atoms with Gasteiger partial charge in [0.15, 0.2) is 10.8 Å². The Hall–Kier alpha value is -3.46. The average molecular weight is 455 g/mol. The number of thiazole rings is 1. The van der Waals surface area contributed by atoms with Gasteiger partial charge < -0.3 is 25.7 Å². The number of carboxylic acids is 2. The van der Waals surface area contributed by atoms with Gasteiger partial charge in [-0.2, -0.15) is 0 Å². The first-order chi connectivity index (χ1) is 14.3. The molecule has 1 saturated heterocycles. The standard InChI is InChI=1S/C15H13N5O8S2/c21-5-16-15-17-6(4-30-15)9(19-28-3-8(22)23)11(24)18-10-12(25)20-7(14(26)27)1-2-29-13(10)20/h1,4-5,10,13H,2-3H2,(H,18,24)(H,22,23)(H,26,27)(H,16,17,21)/t10?,13-/m1/s1. The molecule has 13 nitrogen and oxygen atoms in total. The van der Waals surface area contributed by atoms with Gasteiger partial charge in [0.2, 0.25) is 13.0 Å². The Kier molecular flexibility index (Phi) is 6.31. The van der Waals surface area contributed by atoms with Crippen molar-refractivity contribution < 1.29 is 39.0 Å². The van der Waals surface area contributed by atoms with Gasteiger partial charge in [0.1, 0.15) is 22.8 Å². The molecule has 30 heavy (non-hydrogen) atoms. The normalized spacial score (nSPS) is 20.4. The molecule has 3 rings (SSSR count). The SMILES string of the molecule is O=CNc1nc(C(=NOCC(=O)O)C(=O)NC2C(=O)N3C(C(=O)O)=CCS[C@H]23)cs1. The quantitative estimate of drug-likeness (QED) is 0.154. The van der Waals surface area contributed by atoms with E-state index in [-0.39, 0.29) is 16.5 Å². The van der Waals surface area contributed by atoms with Gasteiger partial charge in [-0.1, -0.05) is 5.16 Å². The second-order valence-electron chi connectivity index (χ2n) is 5.68. The van der Waals surface area contributed by atoms with E-state index in [4.69, 9.17) is 5.11 Å². The number of β-lactam (4-membered cyclic amide) rings is 1. The van der Waals surface area contributed by atoms with E-state index in [9.17, 15) is 29.1 Å². The van der Waals surface area contributed by atoms with Gasteiger partial charge in [0, 0.05) is 11.1 Å². The molecular formula is C15H13N5O8S2. The van der Waals surface area contributed by atoms with Crippen molar-refractivity contribution in [3.05, 3.63) is 22.8 Å². The van der Waals surface area contributed by atoms with Crippen LogP contribution in [0.4, 0.5) is 5.13 Å². The van der Waals surface area contributed by atoms with Crippen LogP contribution in [0.5, 0.6) is 0 Å². The Bertz CT molecular complexity index is 974. The number of rotatable bonds is 9. The number of nitrogens with zero attached hydrogens (tertiary/aromatic N) is 3. The van der Waals surface area contributed by atoms with Crippen molar-refractivity contribution in [1.82, 2.24) is 15.2 Å². The number of carbonyl (C=O) groups is 5. The molecule has 0 saturated carbocycles. The number of hydrogen-bond acceptors (Lipinski definition) is 10. The maximum absolute atomic E-state index is 12.7. The van der Waals surface area contributed by atoms with Crippen molar-refractivity contribution in [2.75, 3.05) is 17.7 Å². The summed E-state index contributed by atoms with van der Waals surface area (Å²) in [6.07, 6.45) is 1.79. The zero-order valence-corrected chi connectivity index (χ0v) is 16.4. The Labute approximate surface area is 175 Å². The summed E-state index contributed by atoms with van der Waals surface area (Å²) in [6, 6.07) is -1.01. The molecule has 2 aliphatic heterocycles. The van der Waals surface area contributed by atoms with Gasteiger partial charge in [0.25, 0.3) is 11.8 Å². The second-order valence-corrected chi connectivity index (χ2v) is 7.69. The molecule has 0 radical (unpaired) electrons. The fourth-order valence-corrected chi connectivity index (χ4v) is 4.45. The van der Waals surface area contributed by atoms with Crippen LogP contribution >= 0.6 is 23.1 Å². The van der Waals surface area contributed by atoms with E-state index >= 15 is 0 Å². The fraction of sp³-hybridized carbons (Fsp3) is 0.267. The van der Waals surface area contributed by atoms with Crippen LogP contribution < -0.4 is 10.6 Å². The zero-order valence-electron chi connectivity index (χ0n) is 14.8. The van der Waals surface area contributed by atoms with Crippen LogP contribution in [0.2, 0.25) is 0 Å². The number of aliphatic carboxylic acids is 2. The number of nitrogens with one attached hydrogen (secondary N) is 2. The molecule has 0 aliphatic carbocycles. The molecule has 1 aromatic heterocycles. The predicted octanol–water partition coefficient (Wildman–Crippen LogP) is -1.11. The molecule has 2 aliphatic rings. The molecule has 1 aromatic rings. The Morgan fingerprint density at radius 3 is 2.83 bits per heavy atom. The van der Waals surface area contributed by atoms with Gasteiger partial charge in [-0.15, -0.1) is 23.1 Å². The highest BCUT2D eigenvalue weighted by Crippen LogP contribution is 2.37. The summed E-state index contributed by atoms with van der Waals surface area (Å²) in [7, 11) is 0. The van der Waals surface area contributed by atoms with Crippen molar-refractivity contribution >= 4 is 64.1 Å². The number of aromatic nitrogens is 1. The molecule has 1 fully saturated rings. The molecule has 0 bridgehead atoms. The lowest BCUT2D eigenvalue weighted by atomic mass is 10.0. The third kappa shape index (κ3) is 4.25. The number of amides is 3. The summed E-state index contributed by atoms with van der Waals surface area (Å²) in [4.78, 5) is 67.2. The van der Waals surface area contributed by atoms with Crippen LogP contribution in [0.15, 0.2) is 22.3 Å². The van der Waals surface area contributed by atoms with E-state index in [2.05, 4.69) is 25.6 Å². The first-order valence-corrected chi connectivity index (χ1v) is 10.0. The molecule has 3 heterocycles. The number of carboxylic acid groups (broad SMARTS) is 2. The molecule has 4 N–H and O–H groups in total. The molecule has 0 aromatic carbocycles. The van der Waals surface area contributed by atoms with E-state index in [1.54, 1.807) is 0 Å². The molecule has 2 atom stereocenters. The predicted molar refractivity (Wildman–Crippen MR) is 103 cm³/mol. The summed E-state index contributed by atoms with van der Waals surface area (Å²) in [5.41, 5.74) is -0.581. The lowest BCUT2D eigenvalue weighted by molar-refractivity contribution is -0.150. The lowest BCUT2D eigenvalue weighted by Crippen LogP contribution is -2.70. The topological polar surface area (TPSA) is 188 Å². The monoisotopic (exact) mass is 455 g/mol. The third-order valence-electron chi connectivity index (χ3n) is 3.84. The summed E-state index contributed by atoms with van der Waals surface area (Å²) < 4.78 is 0. The number of fused-ring (bicyclic) bond motifs is 1. The minimum atomic E-state index is -1.32. The molecule has 3 amide bonds. The average Bonchev–Trinajstić information content (AvgIpc) is 3.16. The van der Waals surface area contributed by atoms with Crippen molar-refractivity contribution in [3.63, 3.8) is 0 Å². The van der Waals surface area contributed by atoms with Crippen LogP contribution in [0.1, 0.15) is 5.69 Å². The lowest BCUT2D eigenvalue weighted by Gasteiger charge is -2.48. The Balaban J connectivity index is 1.77. The summed E-state index contributed by atoms with van der Waals surface area (Å²) in [6.45, 7) is -0.818. The minimum absolute atomic E-state index is 0.0155. The van der Waals surface area contributed by atoms with Crippen LogP contribution in [0.25, 0.3) is 0 Å². The van der Waals surface area contributed by atoms with Crippen LogP contribution in [0.3, 0.4) is 0 Å². The zero-order chi connectivity index (χ0) is 21.8. The van der Waals surface area contributed by atoms with Crippen molar-refractivity contribution in [2.45, 2.75) is 11.4 Å². The molecule has 15 heteroatoms. The van der Waals surface area contributed by atoms with Crippen molar-refractivity contribution in [3.8, 4) is 0 Å². The maximum Gasteiger partial charge on any atom is 0.352 e. The highest BCUT2D eigenvalue weighted by molar-refractivity contribution is 8.00. The van der Waals surface area contributed by atoms with Crippen molar-refractivity contribution in [2.24, 2.45) is 5.16 Å². The van der Waals surface area contributed by atoms with E-state index in [1.165, 1.54) is 23.2 Å². The number of carbonyl (C=O) groups excluding carboxylic acids is 3. The first-order valence-electron chi connectivity index (χ1n) is 8.10. The van der Waals surface area contributed by atoms with Gasteiger partial charge in [-0.25, -0.2) is 14.6 Å². The summed E-state index contributed by atoms with van der Waals surface area (Å²) in [5, 5.41) is 27.0. The van der Waals surface area contributed by atoms with Crippen LogP contribution in [-0.2, 0) is 28.8 Å². The number of anilines is 1. The molecular weight excluding hydrogens is 442 g/mol. The second kappa shape index (κ2) is 8.91. The van der Waals surface area contributed by atoms with Gasteiger partial charge in [-0.3, -0.25) is 19.3 Å². The van der Waals surface area contributed by atoms with E-state index in [1.807, 2.05) is 0 Å². The number of oxime groups is 1. The Morgan fingerprint density at radius 1 is 1.40 bits per heavy atom. The van der Waals surface area contributed by atoms with E-state index < -0.39 is 47.5 Å². The highest BCUT2D eigenvalue weighted by Gasteiger charge is 2.53. The summed E-state index contributed by atoms with van der Waals surface area (Å²) >= 11 is 2.25. The summed E-state index contributed by atoms with van der Waals surface area (Å²) in [5.74, 6) is -3.72. The van der Waals surface area contributed by atoms with E-state index in [0.29, 0.717) is 12.2 Å². The van der Waals surface area contributed by atoms with Crippen LogP contribution in [0, 0.1) is 0 Å². The molecule has 158 valence electrons. The van der Waals surface area contributed by atoms with Crippen molar-refractivity contribution in [1.29, 1.82) is 0 Å². The molecule has 0 spiro atoms. The Morgan fingerprint density at radius 2 is 2.17 bits per heavy atom. The number of hydrogen-bond donors (Lipinski definition) is 4. The first kappa shape index (κ1) is 21.3. The highest BCUT2D eigenvalue weighted by atomic mass is 32.2.